The highest BCUT2D eigenvalue weighted by atomic mass is 16.1. The zero-order valence-corrected chi connectivity index (χ0v) is 14.4. The number of fused-ring (bicyclic) bond motifs is 2. The number of hydrogen-bond acceptors (Lipinski definition) is 4. The van der Waals surface area contributed by atoms with Gasteiger partial charge in [-0.25, -0.2) is 0 Å². The number of carbonyl (C=O) groups excluding carboxylic acids is 4. The van der Waals surface area contributed by atoms with E-state index in [1.165, 1.54) is 18.2 Å². The summed E-state index contributed by atoms with van der Waals surface area (Å²) in [7, 11) is 0. The minimum Gasteiger partial charge on any atom is -0.289 e. The van der Waals surface area contributed by atoms with E-state index in [0.717, 1.165) is 5.56 Å². The molecule has 2 aliphatic carbocycles. The fraction of sp³-hybridized carbons (Fsp3) is 0.0909. The van der Waals surface area contributed by atoms with Crippen molar-refractivity contribution in [2.24, 2.45) is 0 Å². The molecular weight excluding hydrogens is 328 g/mol. The maximum absolute atomic E-state index is 11.5. The molecule has 0 radical (unpaired) electrons. The van der Waals surface area contributed by atoms with Gasteiger partial charge in [-0.05, 0) is 38.1 Å². The van der Waals surface area contributed by atoms with Crippen LogP contribution in [-0.2, 0) is 0 Å². The lowest BCUT2D eigenvalue weighted by atomic mass is 9.90. The van der Waals surface area contributed by atoms with E-state index in [2.05, 4.69) is 0 Å². The molecule has 2 aromatic rings. The Morgan fingerprint density at radius 2 is 1.19 bits per heavy atom. The summed E-state index contributed by atoms with van der Waals surface area (Å²) in [4.78, 5) is 45.6. The molecule has 0 unspecified atom stereocenters. The third kappa shape index (κ3) is 3.22. The van der Waals surface area contributed by atoms with Gasteiger partial charge in [0.1, 0.15) is 0 Å². The van der Waals surface area contributed by atoms with Crippen molar-refractivity contribution in [3.8, 4) is 0 Å². The first-order chi connectivity index (χ1) is 12.4. The summed E-state index contributed by atoms with van der Waals surface area (Å²) in [5.41, 5.74) is 3.58. The molecule has 128 valence electrons. The summed E-state index contributed by atoms with van der Waals surface area (Å²) < 4.78 is 0. The highest BCUT2D eigenvalue weighted by Crippen LogP contribution is 2.20. The zero-order chi connectivity index (χ0) is 18.8. The summed E-state index contributed by atoms with van der Waals surface area (Å²) >= 11 is 0. The van der Waals surface area contributed by atoms with Crippen molar-refractivity contribution in [1.29, 1.82) is 0 Å². The van der Waals surface area contributed by atoms with Gasteiger partial charge in [0.05, 0.1) is 0 Å². The zero-order valence-electron chi connectivity index (χ0n) is 14.4. The topological polar surface area (TPSA) is 68.3 Å². The molecule has 2 aliphatic rings. The van der Waals surface area contributed by atoms with Gasteiger partial charge in [-0.3, -0.25) is 19.2 Å². The first-order valence-electron chi connectivity index (χ1n) is 8.12. The molecule has 0 bridgehead atoms. The Bertz CT molecular complexity index is 1020. The molecule has 0 saturated heterocycles. The Morgan fingerprint density at radius 1 is 0.615 bits per heavy atom. The average molecular weight is 344 g/mol. The lowest BCUT2D eigenvalue weighted by Crippen LogP contribution is -2.14. The van der Waals surface area contributed by atoms with Gasteiger partial charge in [-0.1, -0.05) is 42.0 Å². The fourth-order valence-electron chi connectivity index (χ4n) is 2.86. The molecule has 0 spiro atoms. The van der Waals surface area contributed by atoms with E-state index < -0.39 is 0 Å². The second kappa shape index (κ2) is 6.84. The molecule has 4 heteroatoms. The lowest BCUT2D eigenvalue weighted by Gasteiger charge is -2.11. The molecule has 0 aliphatic heterocycles. The first kappa shape index (κ1) is 17.4. The van der Waals surface area contributed by atoms with Gasteiger partial charge in [-0.15, -0.1) is 0 Å². The van der Waals surface area contributed by atoms with Gasteiger partial charge in [0.2, 0.25) is 0 Å². The van der Waals surface area contributed by atoms with Crippen LogP contribution in [0.1, 0.15) is 53.9 Å². The average Bonchev–Trinajstić information content (AvgIpc) is 2.64. The predicted octanol–water partition coefficient (Wildman–Crippen LogP) is 3.94. The van der Waals surface area contributed by atoms with Crippen LogP contribution in [0.5, 0.6) is 0 Å². The second-order valence-corrected chi connectivity index (χ2v) is 6.18. The number of hydrogen-bond donors (Lipinski definition) is 0. The maximum Gasteiger partial charge on any atom is 0.189 e. The summed E-state index contributed by atoms with van der Waals surface area (Å²) in [6.45, 7) is 3.56. The molecule has 0 heterocycles. The van der Waals surface area contributed by atoms with E-state index in [9.17, 15) is 19.2 Å². The lowest BCUT2D eigenvalue weighted by molar-refractivity contribution is 0.0984. The van der Waals surface area contributed by atoms with Crippen molar-refractivity contribution in [2.75, 3.05) is 0 Å². The third-order valence-electron chi connectivity index (χ3n) is 4.23. The van der Waals surface area contributed by atoms with Crippen LogP contribution in [0.3, 0.4) is 0 Å². The standard InChI is InChI=1S/2C11H8O2/c1-7-2-3-8-9(6-7)11(13)5-4-10(8)12;1-7-6-10(12)8-4-2-3-5-9(8)11(7)13/h2*2-6H,1H3. The maximum atomic E-state index is 11.5. The van der Waals surface area contributed by atoms with E-state index in [4.69, 9.17) is 0 Å². The summed E-state index contributed by atoms with van der Waals surface area (Å²) in [6, 6.07) is 12.2. The highest BCUT2D eigenvalue weighted by molar-refractivity contribution is 6.24. The van der Waals surface area contributed by atoms with Gasteiger partial charge in [-0.2, -0.15) is 0 Å². The van der Waals surface area contributed by atoms with Crippen molar-refractivity contribution < 1.29 is 19.2 Å². The molecule has 0 saturated carbocycles. The Morgan fingerprint density at radius 3 is 1.88 bits per heavy atom. The third-order valence-corrected chi connectivity index (χ3v) is 4.23. The smallest absolute Gasteiger partial charge is 0.189 e. The van der Waals surface area contributed by atoms with Crippen LogP contribution in [0, 0.1) is 6.92 Å². The molecule has 0 N–H and O–H groups in total. The number of rotatable bonds is 0. The van der Waals surface area contributed by atoms with Gasteiger partial charge >= 0.3 is 0 Å². The van der Waals surface area contributed by atoms with Gasteiger partial charge in [0.15, 0.2) is 23.1 Å². The molecule has 4 nitrogen and oxygen atoms in total. The van der Waals surface area contributed by atoms with Crippen molar-refractivity contribution in [3.05, 3.63) is 94.1 Å². The van der Waals surface area contributed by atoms with Crippen LogP contribution < -0.4 is 0 Å². The first-order valence-corrected chi connectivity index (χ1v) is 8.12. The van der Waals surface area contributed by atoms with E-state index in [0.29, 0.717) is 27.8 Å². The molecule has 0 amide bonds. The number of benzene rings is 2. The fourth-order valence-corrected chi connectivity index (χ4v) is 2.86. The van der Waals surface area contributed by atoms with Crippen molar-refractivity contribution >= 4 is 23.1 Å². The Balaban J connectivity index is 0.000000151. The van der Waals surface area contributed by atoms with Gasteiger partial charge < -0.3 is 0 Å². The quantitative estimate of drug-likeness (QED) is 0.726. The normalized spacial score (nSPS) is 14.9. The SMILES string of the molecule is CC1=CC(=O)c2ccccc2C1=O.Cc1ccc2c(c1)C(=O)C=CC2=O. The van der Waals surface area contributed by atoms with Crippen LogP contribution >= 0.6 is 0 Å². The number of carbonyl (C=O) groups is 4. The Hall–Kier alpha value is -3.40. The summed E-state index contributed by atoms with van der Waals surface area (Å²) in [5.74, 6) is -0.296. The minimum absolute atomic E-state index is 0.0461. The molecule has 2 aromatic carbocycles. The monoisotopic (exact) mass is 344 g/mol. The van der Waals surface area contributed by atoms with Gasteiger partial charge in [0, 0.05) is 27.8 Å². The van der Waals surface area contributed by atoms with Crippen LogP contribution in [0.2, 0.25) is 0 Å². The highest BCUT2D eigenvalue weighted by Gasteiger charge is 2.21. The van der Waals surface area contributed by atoms with E-state index in [1.807, 2.05) is 13.0 Å². The number of Topliss-reactive ketones (excluding diaryl/α,β-unsaturated/α-hetero) is 1. The van der Waals surface area contributed by atoms with Crippen LogP contribution in [0.4, 0.5) is 0 Å². The van der Waals surface area contributed by atoms with Crippen LogP contribution in [0.25, 0.3) is 0 Å². The molecule has 0 aromatic heterocycles. The second-order valence-electron chi connectivity index (χ2n) is 6.18. The molecule has 4 rings (SSSR count). The predicted molar refractivity (Wildman–Crippen MR) is 97.8 cm³/mol. The van der Waals surface area contributed by atoms with Crippen molar-refractivity contribution in [2.45, 2.75) is 13.8 Å². The van der Waals surface area contributed by atoms with Crippen LogP contribution in [-0.4, -0.2) is 23.1 Å². The largest absolute Gasteiger partial charge is 0.289 e. The summed E-state index contributed by atoms with van der Waals surface area (Å²) in [6.07, 6.45) is 4.04. The van der Waals surface area contributed by atoms with E-state index in [-0.39, 0.29) is 23.1 Å². The van der Waals surface area contributed by atoms with E-state index in [1.54, 1.807) is 43.3 Å². The molecule has 26 heavy (non-hydrogen) atoms. The number of ketones is 4. The summed E-state index contributed by atoms with van der Waals surface area (Å²) in [5, 5.41) is 0. The molecule has 0 fully saturated rings. The Kier molecular flexibility index (Phi) is 4.59. The van der Waals surface area contributed by atoms with Gasteiger partial charge in [0.25, 0.3) is 0 Å². The molecule has 0 atom stereocenters. The Labute approximate surface area is 150 Å². The van der Waals surface area contributed by atoms with Crippen LogP contribution in [0.15, 0.2) is 66.3 Å². The van der Waals surface area contributed by atoms with E-state index >= 15 is 0 Å². The van der Waals surface area contributed by atoms with Crippen molar-refractivity contribution in [1.82, 2.24) is 0 Å². The number of aryl methyl sites for hydroxylation is 1. The molecular formula is C22H16O4. The van der Waals surface area contributed by atoms with Crippen molar-refractivity contribution in [3.63, 3.8) is 0 Å². The minimum atomic E-state index is -0.0883. The number of allylic oxidation sites excluding steroid dienone is 4.